The molecule has 1 amide bonds. The van der Waals surface area contributed by atoms with Gasteiger partial charge in [-0.25, -0.2) is 4.79 Å². The molecule has 1 aromatic carbocycles. The fourth-order valence-electron chi connectivity index (χ4n) is 2.71. The lowest BCUT2D eigenvalue weighted by Crippen LogP contribution is -2.59. The van der Waals surface area contributed by atoms with Crippen molar-refractivity contribution in [1.29, 1.82) is 0 Å². The summed E-state index contributed by atoms with van der Waals surface area (Å²) >= 11 is 0. The Labute approximate surface area is 110 Å². The van der Waals surface area contributed by atoms with E-state index in [2.05, 4.69) is 0 Å². The molecule has 5 heteroatoms. The average Bonchev–Trinajstić information content (AvgIpc) is 2.70. The number of nitrogens with zero attached hydrogens (tertiary/aromatic N) is 1. The van der Waals surface area contributed by atoms with E-state index < -0.39 is 23.6 Å². The van der Waals surface area contributed by atoms with Crippen molar-refractivity contribution in [2.45, 2.75) is 37.6 Å². The summed E-state index contributed by atoms with van der Waals surface area (Å²) in [6, 6.07) is 9.26. The molecule has 0 radical (unpaired) electrons. The van der Waals surface area contributed by atoms with Crippen molar-refractivity contribution in [3.8, 4) is 0 Å². The minimum absolute atomic E-state index is 0.0666. The third kappa shape index (κ3) is 1.73. The first kappa shape index (κ1) is 12.2. The van der Waals surface area contributed by atoms with Gasteiger partial charge in [0.05, 0.1) is 6.04 Å². The SMILES string of the molecule is C[C@H]1[C@H]2C[C@](O)(C(=O)O2)C(=O)N1Cc1ccccc1. The van der Waals surface area contributed by atoms with Gasteiger partial charge < -0.3 is 14.7 Å². The largest absolute Gasteiger partial charge is 0.458 e. The van der Waals surface area contributed by atoms with Crippen LogP contribution in [0, 0.1) is 0 Å². The molecular weight excluding hydrogens is 246 g/mol. The summed E-state index contributed by atoms with van der Waals surface area (Å²) in [5.74, 6) is -1.37. The van der Waals surface area contributed by atoms with Crippen molar-refractivity contribution < 1.29 is 19.4 Å². The van der Waals surface area contributed by atoms with Gasteiger partial charge in [0.25, 0.3) is 5.91 Å². The first-order chi connectivity index (χ1) is 9.02. The van der Waals surface area contributed by atoms with E-state index >= 15 is 0 Å². The third-order valence-electron chi connectivity index (χ3n) is 3.93. The minimum atomic E-state index is -1.98. The van der Waals surface area contributed by atoms with E-state index in [0.717, 1.165) is 5.56 Å². The lowest BCUT2D eigenvalue weighted by molar-refractivity contribution is -0.165. The van der Waals surface area contributed by atoms with E-state index in [1.165, 1.54) is 4.90 Å². The molecule has 2 fully saturated rings. The van der Waals surface area contributed by atoms with E-state index in [-0.39, 0.29) is 12.5 Å². The number of esters is 1. The van der Waals surface area contributed by atoms with Crippen LogP contribution in [0.25, 0.3) is 0 Å². The van der Waals surface area contributed by atoms with Crippen molar-refractivity contribution >= 4 is 11.9 Å². The molecule has 3 atom stereocenters. The predicted molar refractivity (Wildman–Crippen MR) is 65.9 cm³/mol. The van der Waals surface area contributed by atoms with Gasteiger partial charge >= 0.3 is 5.97 Å². The molecule has 3 rings (SSSR count). The molecule has 2 aliphatic rings. The van der Waals surface area contributed by atoms with Crippen molar-refractivity contribution in [3.63, 3.8) is 0 Å². The lowest BCUT2D eigenvalue weighted by atomic mass is 9.89. The van der Waals surface area contributed by atoms with Crippen LogP contribution in [0.15, 0.2) is 30.3 Å². The van der Waals surface area contributed by atoms with Crippen molar-refractivity contribution in [2.24, 2.45) is 0 Å². The number of ether oxygens (including phenoxy) is 1. The van der Waals surface area contributed by atoms with Crippen LogP contribution in [0.1, 0.15) is 18.9 Å². The summed E-state index contributed by atoms with van der Waals surface area (Å²) in [6.07, 6.45) is -0.351. The summed E-state index contributed by atoms with van der Waals surface area (Å²) in [4.78, 5) is 25.4. The molecule has 1 N–H and O–H groups in total. The molecule has 100 valence electrons. The smallest absolute Gasteiger partial charge is 0.348 e. The normalized spacial score (nSPS) is 33.5. The van der Waals surface area contributed by atoms with E-state index in [4.69, 9.17) is 4.74 Å². The average molecular weight is 261 g/mol. The molecule has 0 aromatic heterocycles. The number of hydrogen-bond acceptors (Lipinski definition) is 4. The summed E-state index contributed by atoms with van der Waals surface area (Å²) < 4.78 is 5.09. The molecule has 2 bridgehead atoms. The number of piperidine rings is 1. The number of fused-ring (bicyclic) bond motifs is 2. The van der Waals surface area contributed by atoms with Gasteiger partial charge in [0.15, 0.2) is 0 Å². The fourth-order valence-corrected chi connectivity index (χ4v) is 2.71. The lowest BCUT2D eigenvalue weighted by Gasteiger charge is -2.38. The second-order valence-corrected chi connectivity index (χ2v) is 5.17. The highest BCUT2D eigenvalue weighted by Crippen LogP contribution is 2.37. The highest BCUT2D eigenvalue weighted by Gasteiger charge is 2.61. The zero-order chi connectivity index (χ0) is 13.6. The van der Waals surface area contributed by atoms with Crippen LogP contribution in [0.3, 0.4) is 0 Å². The van der Waals surface area contributed by atoms with Crippen LogP contribution >= 0.6 is 0 Å². The van der Waals surface area contributed by atoms with Gasteiger partial charge in [-0.05, 0) is 12.5 Å². The standard InChI is InChI=1S/C14H15NO4/c1-9-11-7-14(18,13(17)19-11)12(16)15(9)8-10-5-3-2-4-6-10/h2-6,9,11,18H,7-8H2,1H3/t9-,11+,14+/m0/s1. The van der Waals surface area contributed by atoms with Crippen molar-refractivity contribution in [1.82, 2.24) is 4.90 Å². The molecule has 2 aliphatic heterocycles. The molecule has 1 aromatic rings. The first-order valence-electron chi connectivity index (χ1n) is 6.31. The van der Waals surface area contributed by atoms with Gasteiger partial charge in [0.1, 0.15) is 6.10 Å². The number of rotatable bonds is 2. The second kappa shape index (κ2) is 4.06. The number of hydrogen-bond donors (Lipinski definition) is 1. The van der Waals surface area contributed by atoms with Crippen molar-refractivity contribution in [2.75, 3.05) is 0 Å². The molecule has 0 aliphatic carbocycles. The van der Waals surface area contributed by atoms with Gasteiger partial charge in [-0.3, -0.25) is 4.79 Å². The molecule has 5 nitrogen and oxygen atoms in total. The number of benzene rings is 1. The maximum Gasteiger partial charge on any atom is 0.348 e. The van der Waals surface area contributed by atoms with Crippen LogP contribution in [0.4, 0.5) is 0 Å². The zero-order valence-corrected chi connectivity index (χ0v) is 10.6. The summed E-state index contributed by atoms with van der Waals surface area (Å²) in [6.45, 7) is 2.21. The Bertz CT molecular complexity index is 530. The zero-order valence-electron chi connectivity index (χ0n) is 10.6. The highest BCUT2D eigenvalue weighted by molar-refractivity contribution is 6.08. The van der Waals surface area contributed by atoms with E-state index in [1.807, 2.05) is 37.3 Å². The second-order valence-electron chi connectivity index (χ2n) is 5.17. The molecular formula is C14H15NO4. The molecule has 2 saturated heterocycles. The Morgan fingerprint density at radius 1 is 1.37 bits per heavy atom. The first-order valence-corrected chi connectivity index (χ1v) is 6.31. The summed E-state index contributed by atoms with van der Waals surface area (Å²) in [5.41, 5.74) is -1.02. The van der Waals surface area contributed by atoms with Gasteiger partial charge in [-0.1, -0.05) is 30.3 Å². The molecule has 0 saturated carbocycles. The Balaban J connectivity index is 1.90. The van der Waals surface area contributed by atoms with E-state index in [0.29, 0.717) is 6.54 Å². The Morgan fingerprint density at radius 3 is 2.74 bits per heavy atom. The van der Waals surface area contributed by atoms with Crippen LogP contribution in [0.2, 0.25) is 0 Å². The van der Waals surface area contributed by atoms with Gasteiger partial charge in [-0.2, -0.15) is 0 Å². The monoisotopic (exact) mass is 261 g/mol. The van der Waals surface area contributed by atoms with Crippen LogP contribution in [-0.2, 0) is 20.9 Å². The summed E-state index contributed by atoms with van der Waals surface area (Å²) in [7, 11) is 0. The highest BCUT2D eigenvalue weighted by atomic mass is 16.6. The van der Waals surface area contributed by atoms with Gasteiger partial charge in [-0.15, -0.1) is 0 Å². The van der Waals surface area contributed by atoms with E-state index in [1.54, 1.807) is 0 Å². The molecule has 0 spiro atoms. The van der Waals surface area contributed by atoms with Gasteiger partial charge in [0.2, 0.25) is 5.60 Å². The van der Waals surface area contributed by atoms with Crippen LogP contribution < -0.4 is 0 Å². The number of amides is 1. The minimum Gasteiger partial charge on any atom is -0.458 e. The maximum atomic E-state index is 12.3. The molecule has 0 unspecified atom stereocenters. The van der Waals surface area contributed by atoms with E-state index in [9.17, 15) is 14.7 Å². The fraction of sp³-hybridized carbons (Fsp3) is 0.429. The van der Waals surface area contributed by atoms with Gasteiger partial charge in [0, 0.05) is 13.0 Å². The Hall–Kier alpha value is -1.88. The third-order valence-corrected chi connectivity index (χ3v) is 3.93. The predicted octanol–water partition coefficient (Wildman–Crippen LogP) is 0.464. The number of carbonyl (C=O) groups excluding carboxylic acids is 2. The van der Waals surface area contributed by atoms with Crippen LogP contribution in [0.5, 0.6) is 0 Å². The van der Waals surface area contributed by atoms with Crippen LogP contribution in [-0.4, -0.2) is 39.6 Å². The molecule has 19 heavy (non-hydrogen) atoms. The number of likely N-dealkylation sites (tertiary alicyclic amines) is 1. The number of carbonyl (C=O) groups is 2. The Morgan fingerprint density at radius 2 is 2.05 bits per heavy atom. The van der Waals surface area contributed by atoms with Crippen molar-refractivity contribution in [3.05, 3.63) is 35.9 Å². The maximum absolute atomic E-state index is 12.3. The summed E-state index contributed by atoms with van der Waals surface area (Å²) in [5, 5.41) is 10.2. The topological polar surface area (TPSA) is 66.8 Å². The molecule has 2 heterocycles. The number of aliphatic hydroxyl groups is 1. The quantitative estimate of drug-likeness (QED) is 0.620. The Kier molecular flexibility index (Phi) is 2.60.